The molecule has 0 radical (unpaired) electrons. The Labute approximate surface area is 125 Å². The van der Waals surface area contributed by atoms with Crippen molar-refractivity contribution in [3.05, 3.63) is 29.5 Å². The molecule has 0 aromatic carbocycles. The number of carboxylic acids is 1. The van der Waals surface area contributed by atoms with E-state index < -0.39 is 12.0 Å². The van der Waals surface area contributed by atoms with Crippen molar-refractivity contribution in [3.8, 4) is 10.8 Å². The van der Waals surface area contributed by atoms with Crippen molar-refractivity contribution in [2.24, 2.45) is 0 Å². The number of aromatic nitrogens is 1. The second-order valence-corrected chi connectivity index (χ2v) is 5.40. The van der Waals surface area contributed by atoms with Crippen molar-refractivity contribution >= 4 is 23.2 Å². The van der Waals surface area contributed by atoms with Crippen molar-refractivity contribution in [3.63, 3.8) is 0 Å². The number of thiazole rings is 1. The molecule has 6 nitrogen and oxygen atoms in total. The first kappa shape index (κ1) is 15.2. The van der Waals surface area contributed by atoms with E-state index in [0.29, 0.717) is 29.3 Å². The first-order chi connectivity index (χ1) is 10.1. The number of nitrogens with zero attached hydrogens (tertiary/aromatic N) is 1. The topological polar surface area (TPSA) is 92.4 Å². The van der Waals surface area contributed by atoms with E-state index in [9.17, 15) is 9.59 Å². The Morgan fingerprint density at radius 1 is 1.52 bits per heavy atom. The molecule has 0 aliphatic rings. The van der Waals surface area contributed by atoms with Crippen LogP contribution in [0.1, 0.15) is 25.5 Å². The minimum atomic E-state index is -1.01. The van der Waals surface area contributed by atoms with Crippen LogP contribution in [0.15, 0.2) is 28.2 Å². The van der Waals surface area contributed by atoms with Crippen LogP contribution in [-0.2, 0) is 16.0 Å². The van der Waals surface area contributed by atoms with Gasteiger partial charge in [0, 0.05) is 5.38 Å². The van der Waals surface area contributed by atoms with E-state index in [4.69, 9.17) is 9.52 Å². The van der Waals surface area contributed by atoms with Crippen LogP contribution < -0.4 is 5.32 Å². The zero-order valence-electron chi connectivity index (χ0n) is 11.5. The second kappa shape index (κ2) is 7.03. The van der Waals surface area contributed by atoms with Crippen LogP contribution in [0.25, 0.3) is 10.8 Å². The molecule has 2 heterocycles. The van der Waals surface area contributed by atoms with E-state index in [2.05, 4.69) is 10.3 Å². The summed E-state index contributed by atoms with van der Waals surface area (Å²) in [5.41, 5.74) is 0.601. The number of rotatable bonds is 7. The van der Waals surface area contributed by atoms with E-state index >= 15 is 0 Å². The molecular formula is C14H16N2O4S. The number of amides is 1. The highest BCUT2D eigenvalue weighted by atomic mass is 32.1. The number of furan rings is 1. The fourth-order valence-electron chi connectivity index (χ4n) is 1.86. The number of hydrogen-bond donors (Lipinski definition) is 2. The van der Waals surface area contributed by atoms with Gasteiger partial charge in [0.15, 0.2) is 10.8 Å². The lowest BCUT2D eigenvalue weighted by molar-refractivity contribution is -0.141. The van der Waals surface area contributed by atoms with Gasteiger partial charge < -0.3 is 14.8 Å². The van der Waals surface area contributed by atoms with E-state index in [0.717, 1.165) is 0 Å². The summed E-state index contributed by atoms with van der Waals surface area (Å²) in [6.45, 7) is 1.87. The summed E-state index contributed by atoms with van der Waals surface area (Å²) in [4.78, 5) is 27.2. The highest BCUT2D eigenvalue weighted by Crippen LogP contribution is 2.24. The fourth-order valence-corrected chi connectivity index (χ4v) is 2.64. The van der Waals surface area contributed by atoms with Gasteiger partial charge in [-0.2, -0.15) is 0 Å². The third-order valence-corrected chi connectivity index (χ3v) is 3.74. The average molecular weight is 308 g/mol. The van der Waals surface area contributed by atoms with Gasteiger partial charge in [0.25, 0.3) is 0 Å². The Hall–Kier alpha value is -2.15. The molecule has 2 rings (SSSR count). The van der Waals surface area contributed by atoms with Gasteiger partial charge in [-0.1, -0.05) is 13.3 Å². The van der Waals surface area contributed by atoms with Crippen LogP contribution in [0.5, 0.6) is 0 Å². The van der Waals surface area contributed by atoms with Gasteiger partial charge in [-0.05, 0) is 18.6 Å². The van der Waals surface area contributed by atoms with Crippen LogP contribution in [0.4, 0.5) is 0 Å². The summed E-state index contributed by atoms with van der Waals surface area (Å²) < 4.78 is 5.24. The smallest absolute Gasteiger partial charge is 0.326 e. The fraction of sp³-hybridized carbons (Fsp3) is 0.357. The third-order valence-electron chi connectivity index (χ3n) is 2.84. The van der Waals surface area contributed by atoms with E-state index in [1.54, 1.807) is 23.8 Å². The molecule has 0 saturated heterocycles. The molecule has 2 aromatic rings. The summed E-state index contributed by atoms with van der Waals surface area (Å²) in [7, 11) is 0. The zero-order valence-corrected chi connectivity index (χ0v) is 12.4. The standard InChI is InChI=1S/C14H16N2O4S/c1-2-4-10(14(18)19)16-12(17)7-9-8-21-13(15-9)11-5-3-6-20-11/h3,5-6,8,10H,2,4,7H2,1H3,(H,16,17)(H,18,19)/t10-/m1/s1. The SMILES string of the molecule is CCC[C@@H](NC(=O)Cc1csc(-c2ccco2)n1)C(=O)O. The molecule has 21 heavy (non-hydrogen) atoms. The number of hydrogen-bond acceptors (Lipinski definition) is 5. The number of aliphatic carboxylic acids is 1. The van der Waals surface area contributed by atoms with Crippen LogP contribution in [0.2, 0.25) is 0 Å². The molecule has 0 aliphatic carbocycles. The van der Waals surface area contributed by atoms with Gasteiger partial charge in [-0.15, -0.1) is 11.3 Å². The molecule has 112 valence electrons. The Morgan fingerprint density at radius 2 is 2.33 bits per heavy atom. The number of nitrogens with one attached hydrogen (secondary N) is 1. The molecular weight excluding hydrogens is 292 g/mol. The maximum atomic E-state index is 11.9. The third kappa shape index (κ3) is 4.16. The molecule has 2 N–H and O–H groups in total. The van der Waals surface area contributed by atoms with E-state index in [1.807, 2.05) is 6.92 Å². The number of carbonyl (C=O) groups is 2. The monoisotopic (exact) mass is 308 g/mol. The van der Waals surface area contributed by atoms with Gasteiger partial charge in [0.2, 0.25) is 5.91 Å². The molecule has 0 aliphatic heterocycles. The van der Waals surface area contributed by atoms with E-state index in [-0.39, 0.29) is 12.3 Å². The summed E-state index contributed by atoms with van der Waals surface area (Å²) in [6, 6.07) is 2.72. The van der Waals surface area contributed by atoms with Crippen molar-refractivity contribution in [1.82, 2.24) is 10.3 Å². The predicted molar refractivity (Wildman–Crippen MR) is 78.0 cm³/mol. The molecule has 0 unspecified atom stereocenters. The highest BCUT2D eigenvalue weighted by molar-refractivity contribution is 7.13. The molecule has 2 aromatic heterocycles. The second-order valence-electron chi connectivity index (χ2n) is 4.55. The quantitative estimate of drug-likeness (QED) is 0.819. The Kier molecular flexibility index (Phi) is 5.10. The Bertz CT molecular complexity index is 606. The largest absolute Gasteiger partial charge is 0.480 e. The maximum absolute atomic E-state index is 11.9. The number of carbonyl (C=O) groups excluding carboxylic acids is 1. The molecule has 0 bridgehead atoms. The lowest BCUT2D eigenvalue weighted by Gasteiger charge is -2.12. The minimum absolute atomic E-state index is 0.0602. The lowest BCUT2D eigenvalue weighted by atomic mass is 10.1. The van der Waals surface area contributed by atoms with Crippen molar-refractivity contribution in [2.75, 3.05) is 0 Å². The number of carboxylic acid groups (broad SMARTS) is 1. The van der Waals surface area contributed by atoms with Crippen molar-refractivity contribution in [2.45, 2.75) is 32.2 Å². The zero-order chi connectivity index (χ0) is 15.2. The normalized spacial score (nSPS) is 12.0. The summed E-state index contributed by atoms with van der Waals surface area (Å²) in [5, 5.41) is 14.0. The Balaban J connectivity index is 1.95. The predicted octanol–water partition coefficient (Wildman–Crippen LogP) is 2.32. The van der Waals surface area contributed by atoms with Gasteiger partial charge in [-0.3, -0.25) is 4.79 Å². The summed E-state index contributed by atoms with van der Waals surface area (Å²) in [5.74, 6) is -0.701. The molecule has 0 saturated carbocycles. The first-order valence-electron chi connectivity index (χ1n) is 6.60. The molecule has 7 heteroatoms. The summed E-state index contributed by atoms with van der Waals surface area (Å²) >= 11 is 1.38. The van der Waals surface area contributed by atoms with E-state index in [1.165, 1.54) is 11.3 Å². The molecule has 0 fully saturated rings. The van der Waals surface area contributed by atoms with Crippen LogP contribution in [-0.4, -0.2) is 28.0 Å². The molecule has 0 spiro atoms. The molecule has 1 atom stereocenters. The van der Waals surface area contributed by atoms with Crippen LogP contribution in [0, 0.1) is 0 Å². The average Bonchev–Trinajstić information content (AvgIpc) is 3.08. The van der Waals surface area contributed by atoms with Crippen molar-refractivity contribution in [1.29, 1.82) is 0 Å². The van der Waals surface area contributed by atoms with Gasteiger partial charge in [0.1, 0.15) is 6.04 Å². The highest BCUT2D eigenvalue weighted by Gasteiger charge is 2.19. The lowest BCUT2D eigenvalue weighted by Crippen LogP contribution is -2.41. The van der Waals surface area contributed by atoms with Crippen LogP contribution in [0.3, 0.4) is 0 Å². The summed E-state index contributed by atoms with van der Waals surface area (Å²) in [6.07, 6.45) is 2.72. The van der Waals surface area contributed by atoms with Gasteiger partial charge in [0.05, 0.1) is 18.4 Å². The van der Waals surface area contributed by atoms with Crippen LogP contribution >= 0.6 is 11.3 Å². The first-order valence-corrected chi connectivity index (χ1v) is 7.48. The minimum Gasteiger partial charge on any atom is -0.480 e. The van der Waals surface area contributed by atoms with Gasteiger partial charge in [-0.25, -0.2) is 9.78 Å². The Morgan fingerprint density at radius 3 is 2.95 bits per heavy atom. The van der Waals surface area contributed by atoms with Crippen molar-refractivity contribution < 1.29 is 19.1 Å². The molecule has 1 amide bonds. The maximum Gasteiger partial charge on any atom is 0.326 e. The van der Waals surface area contributed by atoms with Gasteiger partial charge >= 0.3 is 5.97 Å².